The minimum Gasteiger partial charge on any atom is -0.497 e. The van der Waals surface area contributed by atoms with Gasteiger partial charge in [0.1, 0.15) is 11.5 Å². The van der Waals surface area contributed by atoms with Crippen molar-refractivity contribution in [2.24, 2.45) is 0 Å². The van der Waals surface area contributed by atoms with Gasteiger partial charge in [-0.25, -0.2) is 8.78 Å². The predicted octanol–water partition coefficient (Wildman–Crippen LogP) is 3.88. The van der Waals surface area contributed by atoms with E-state index in [1.54, 1.807) is 18.2 Å². The summed E-state index contributed by atoms with van der Waals surface area (Å²) in [6, 6.07) is 8.25. The topological polar surface area (TPSA) is 35.5 Å². The van der Waals surface area contributed by atoms with Gasteiger partial charge in [-0.15, -0.1) is 0 Å². The summed E-state index contributed by atoms with van der Waals surface area (Å²) in [6.07, 6.45) is 2.67. The zero-order valence-corrected chi connectivity index (χ0v) is 12.1. The van der Waals surface area contributed by atoms with Crippen LogP contribution in [0.25, 0.3) is 6.08 Å². The third kappa shape index (κ3) is 3.49. The summed E-state index contributed by atoms with van der Waals surface area (Å²) in [6.45, 7) is 0. The highest BCUT2D eigenvalue weighted by molar-refractivity contribution is 6.08. The first-order valence-electron chi connectivity index (χ1n) is 6.44. The normalized spacial score (nSPS) is 10.7. The van der Waals surface area contributed by atoms with E-state index in [4.69, 9.17) is 9.47 Å². The molecule has 2 aromatic carbocycles. The lowest BCUT2D eigenvalue weighted by Crippen LogP contribution is -1.99. The van der Waals surface area contributed by atoms with Gasteiger partial charge >= 0.3 is 0 Å². The maximum Gasteiger partial charge on any atom is 0.189 e. The Morgan fingerprint density at radius 1 is 1.00 bits per heavy atom. The number of methoxy groups -OCH3 is 2. The molecule has 0 N–H and O–H groups in total. The summed E-state index contributed by atoms with van der Waals surface area (Å²) in [7, 11) is 2.95. The van der Waals surface area contributed by atoms with Gasteiger partial charge in [-0.1, -0.05) is 12.1 Å². The standard InChI is InChI=1S/C17H14F2O3/c1-21-12-5-8-17(22-2)13(10-12)16(20)7-4-11-3-6-14(18)15(19)9-11/h3-10H,1-2H3/b7-4+. The molecule has 0 heterocycles. The summed E-state index contributed by atoms with van der Waals surface area (Å²) in [5, 5.41) is 0. The fraction of sp³-hybridized carbons (Fsp3) is 0.118. The molecule has 0 amide bonds. The number of rotatable bonds is 5. The third-order valence-corrected chi connectivity index (χ3v) is 3.04. The molecule has 22 heavy (non-hydrogen) atoms. The quantitative estimate of drug-likeness (QED) is 0.621. The number of carbonyl (C=O) groups is 1. The summed E-state index contributed by atoms with van der Waals surface area (Å²) >= 11 is 0. The van der Waals surface area contributed by atoms with Crippen molar-refractivity contribution in [3.8, 4) is 11.5 Å². The fourth-order valence-electron chi connectivity index (χ4n) is 1.88. The van der Waals surface area contributed by atoms with E-state index < -0.39 is 11.6 Å². The highest BCUT2D eigenvalue weighted by Gasteiger charge is 2.11. The minimum atomic E-state index is -0.964. The van der Waals surface area contributed by atoms with E-state index in [2.05, 4.69) is 0 Å². The number of ketones is 1. The monoisotopic (exact) mass is 304 g/mol. The molecule has 0 fully saturated rings. The van der Waals surface area contributed by atoms with Crippen molar-refractivity contribution in [1.29, 1.82) is 0 Å². The van der Waals surface area contributed by atoms with Gasteiger partial charge in [-0.05, 0) is 42.0 Å². The molecule has 2 rings (SSSR count). The maximum atomic E-state index is 13.1. The van der Waals surface area contributed by atoms with E-state index in [1.807, 2.05) is 0 Å². The van der Waals surface area contributed by atoms with Crippen LogP contribution in [0.5, 0.6) is 11.5 Å². The molecule has 3 nitrogen and oxygen atoms in total. The van der Waals surface area contributed by atoms with Crippen LogP contribution in [0.1, 0.15) is 15.9 Å². The third-order valence-electron chi connectivity index (χ3n) is 3.04. The van der Waals surface area contributed by atoms with E-state index in [0.717, 1.165) is 12.1 Å². The summed E-state index contributed by atoms with van der Waals surface area (Å²) in [5.74, 6) is -1.31. The first-order chi connectivity index (χ1) is 10.5. The zero-order chi connectivity index (χ0) is 16.1. The van der Waals surface area contributed by atoms with Crippen molar-refractivity contribution in [1.82, 2.24) is 0 Å². The average Bonchev–Trinajstić information content (AvgIpc) is 2.55. The molecule has 0 bridgehead atoms. The Labute approximate surface area is 126 Å². The van der Waals surface area contributed by atoms with Crippen molar-refractivity contribution in [2.45, 2.75) is 0 Å². The lowest BCUT2D eigenvalue weighted by Gasteiger charge is -2.07. The molecule has 114 valence electrons. The van der Waals surface area contributed by atoms with Crippen LogP contribution in [0.15, 0.2) is 42.5 Å². The predicted molar refractivity (Wildman–Crippen MR) is 79.3 cm³/mol. The molecule has 2 aromatic rings. The van der Waals surface area contributed by atoms with Gasteiger partial charge in [0.25, 0.3) is 0 Å². The van der Waals surface area contributed by atoms with Gasteiger partial charge in [0, 0.05) is 0 Å². The zero-order valence-electron chi connectivity index (χ0n) is 12.1. The molecule has 5 heteroatoms. The number of benzene rings is 2. The lowest BCUT2D eigenvalue weighted by atomic mass is 10.1. The first-order valence-corrected chi connectivity index (χ1v) is 6.44. The summed E-state index contributed by atoms with van der Waals surface area (Å²) < 4.78 is 36.2. The number of carbonyl (C=O) groups excluding carboxylic acids is 1. The summed E-state index contributed by atoms with van der Waals surface area (Å²) in [4.78, 5) is 12.2. The van der Waals surface area contributed by atoms with Crippen LogP contribution in [0.3, 0.4) is 0 Å². The molecule has 0 unspecified atom stereocenters. The van der Waals surface area contributed by atoms with Crippen LogP contribution >= 0.6 is 0 Å². The molecule has 0 aliphatic carbocycles. The Bertz CT molecular complexity index is 724. The summed E-state index contributed by atoms with van der Waals surface area (Å²) in [5.41, 5.74) is 0.704. The van der Waals surface area contributed by atoms with Crippen molar-refractivity contribution in [3.63, 3.8) is 0 Å². The molecule has 0 spiro atoms. The van der Waals surface area contributed by atoms with Crippen molar-refractivity contribution < 1.29 is 23.0 Å². The molecular weight excluding hydrogens is 290 g/mol. The number of allylic oxidation sites excluding steroid dienone is 1. The highest BCUT2D eigenvalue weighted by Crippen LogP contribution is 2.25. The molecule has 0 aliphatic rings. The molecule has 0 aromatic heterocycles. The molecule has 0 atom stereocenters. The molecule has 0 aliphatic heterocycles. The first kappa shape index (κ1) is 15.7. The Hall–Kier alpha value is -2.69. The number of hydrogen-bond acceptors (Lipinski definition) is 3. The minimum absolute atomic E-state index is 0.320. The van der Waals surface area contributed by atoms with E-state index in [9.17, 15) is 13.6 Å². The number of ether oxygens (including phenoxy) is 2. The van der Waals surface area contributed by atoms with Gasteiger partial charge in [0.05, 0.1) is 19.8 Å². The molecule has 0 radical (unpaired) electrons. The second kappa shape index (κ2) is 6.85. The van der Waals surface area contributed by atoms with Gasteiger partial charge in [0.2, 0.25) is 0 Å². The largest absolute Gasteiger partial charge is 0.497 e. The van der Waals surface area contributed by atoms with Crippen LogP contribution in [-0.2, 0) is 0 Å². The smallest absolute Gasteiger partial charge is 0.189 e. The Balaban J connectivity index is 2.28. The van der Waals surface area contributed by atoms with Crippen LogP contribution in [0.2, 0.25) is 0 Å². The maximum absolute atomic E-state index is 13.1. The number of hydrogen-bond donors (Lipinski definition) is 0. The van der Waals surface area contributed by atoms with Crippen molar-refractivity contribution in [3.05, 3.63) is 65.2 Å². The fourth-order valence-corrected chi connectivity index (χ4v) is 1.88. The van der Waals surface area contributed by atoms with Crippen LogP contribution in [0.4, 0.5) is 8.78 Å². The SMILES string of the molecule is COc1ccc(OC)c(C(=O)/C=C/c2ccc(F)c(F)c2)c1. The Morgan fingerprint density at radius 3 is 2.41 bits per heavy atom. The van der Waals surface area contributed by atoms with E-state index >= 15 is 0 Å². The number of halogens is 2. The average molecular weight is 304 g/mol. The second-order valence-electron chi connectivity index (χ2n) is 4.44. The van der Waals surface area contributed by atoms with E-state index in [0.29, 0.717) is 22.6 Å². The van der Waals surface area contributed by atoms with Crippen LogP contribution < -0.4 is 9.47 Å². The van der Waals surface area contributed by atoms with Gasteiger partial charge in [0.15, 0.2) is 17.4 Å². The molecule has 0 saturated heterocycles. The van der Waals surface area contributed by atoms with Crippen LogP contribution in [-0.4, -0.2) is 20.0 Å². The van der Waals surface area contributed by atoms with E-state index in [1.165, 1.54) is 32.4 Å². The Morgan fingerprint density at radius 2 is 1.77 bits per heavy atom. The molecule has 0 saturated carbocycles. The lowest BCUT2D eigenvalue weighted by molar-refractivity contribution is 0.104. The molecular formula is C17H14F2O3. The second-order valence-corrected chi connectivity index (χ2v) is 4.44. The van der Waals surface area contributed by atoms with Crippen LogP contribution in [0, 0.1) is 11.6 Å². The van der Waals surface area contributed by atoms with Gasteiger partial charge in [-0.3, -0.25) is 4.79 Å². The van der Waals surface area contributed by atoms with E-state index in [-0.39, 0.29) is 5.78 Å². The van der Waals surface area contributed by atoms with Gasteiger partial charge < -0.3 is 9.47 Å². The highest BCUT2D eigenvalue weighted by atomic mass is 19.2. The van der Waals surface area contributed by atoms with Crippen molar-refractivity contribution in [2.75, 3.05) is 14.2 Å². The van der Waals surface area contributed by atoms with Gasteiger partial charge in [-0.2, -0.15) is 0 Å². The van der Waals surface area contributed by atoms with Crippen molar-refractivity contribution >= 4 is 11.9 Å². The Kier molecular flexibility index (Phi) is 4.88.